The predicted molar refractivity (Wildman–Crippen MR) is 226 cm³/mol. The molecule has 11 rings (SSSR count). The Morgan fingerprint density at radius 2 is 1.17 bits per heavy atom. The van der Waals surface area contributed by atoms with Crippen molar-refractivity contribution in [3.05, 3.63) is 191 Å². The van der Waals surface area contributed by atoms with Gasteiger partial charge in [-0.2, -0.15) is 0 Å². The highest BCUT2D eigenvalue weighted by molar-refractivity contribution is 7.25. The Bertz CT molecular complexity index is 2870. The average Bonchev–Trinajstić information content (AvgIpc) is 3.67. The minimum Gasteiger partial charge on any atom is -0.135 e. The smallest absolute Gasteiger partial charge is 0.0361 e. The minimum absolute atomic E-state index is 0.0503. The standard InChI is InChI=1S/C51H38S/c1-51(2)45-26-24-35(28-43(45)41-25-23-33-29-47-44(30-42(33)50(41)51)36-17-10-11-22-46(36)52-47)49-39-20-8-6-18-37(39)48(38-19-7-9-21-40(38)49)34-16-12-15-32(27-34)31-13-4-3-5-14-31/h3-26,29-30,32,43H,27-28H2,1-2H3. The van der Waals surface area contributed by atoms with Crippen molar-refractivity contribution >= 4 is 75.0 Å². The summed E-state index contributed by atoms with van der Waals surface area (Å²) in [5.74, 6) is 0.735. The summed E-state index contributed by atoms with van der Waals surface area (Å²) in [5, 5.41) is 10.9. The number of rotatable bonds is 3. The molecule has 0 amide bonds. The van der Waals surface area contributed by atoms with Gasteiger partial charge in [0.2, 0.25) is 0 Å². The van der Waals surface area contributed by atoms with Crippen molar-refractivity contribution in [2.45, 2.75) is 43.9 Å². The Labute approximate surface area is 308 Å². The molecule has 1 heterocycles. The van der Waals surface area contributed by atoms with E-state index < -0.39 is 0 Å². The van der Waals surface area contributed by atoms with Gasteiger partial charge in [-0.25, -0.2) is 0 Å². The highest BCUT2D eigenvalue weighted by Gasteiger charge is 2.44. The summed E-state index contributed by atoms with van der Waals surface area (Å²) in [7, 11) is 0. The Morgan fingerprint density at radius 3 is 1.88 bits per heavy atom. The van der Waals surface area contributed by atoms with Crippen molar-refractivity contribution in [3.63, 3.8) is 0 Å². The molecule has 2 unspecified atom stereocenters. The summed E-state index contributed by atoms with van der Waals surface area (Å²) in [6, 6.07) is 48.0. The summed E-state index contributed by atoms with van der Waals surface area (Å²) in [6.45, 7) is 4.92. The van der Waals surface area contributed by atoms with Crippen LogP contribution >= 0.6 is 11.3 Å². The van der Waals surface area contributed by atoms with Gasteiger partial charge in [0.25, 0.3) is 0 Å². The maximum Gasteiger partial charge on any atom is 0.0361 e. The van der Waals surface area contributed by atoms with Gasteiger partial charge in [0.15, 0.2) is 0 Å². The maximum absolute atomic E-state index is 2.51. The highest BCUT2D eigenvalue weighted by atomic mass is 32.1. The van der Waals surface area contributed by atoms with Gasteiger partial charge < -0.3 is 0 Å². The van der Waals surface area contributed by atoms with Crippen molar-refractivity contribution in [2.24, 2.45) is 0 Å². The van der Waals surface area contributed by atoms with Gasteiger partial charge >= 0.3 is 0 Å². The van der Waals surface area contributed by atoms with Crippen LogP contribution in [0.2, 0.25) is 0 Å². The molecule has 248 valence electrons. The van der Waals surface area contributed by atoms with Crippen LogP contribution in [0.3, 0.4) is 0 Å². The van der Waals surface area contributed by atoms with Gasteiger partial charge in [-0.15, -0.1) is 11.3 Å². The molecule has 0 N–H and O–H groups in total. The molecule has 0 spiro atoms. The molecule has 52 heavy (non-hydrogen) atoms. The normalized spacial score (nSPS) is 19.2. The topological polar surface area (TPSA) is 0 Å². The van der Waals surface area contributed by atoms with E-state index >= 15 is 0 Å². The lowest BCUT2D eigenvalue weighted by molar-refractivity contribution is 0.618. The van der Waals surface area contributed by atoms with Gasteiger partial charge in [0, 0.05) is 37.4 Å². The number of hydrogen-bond donors (Lipinski definition) is 0. The van der Waals surface area contributed by atoms with E-state index in [1.165, 1.54) is 91.5 Å². The number of fused-ring (bicyclic) bond motifs is 10. The van der Waals surface area contributed by atoms with Crippen LogP contribution in [0.25, 0.3) is 63.6 Å². The molecule has 1 heteroatoms. The number of thiophene rings is 1. The lowest BCUT2D eigenvalue weighted by Crippen LogP contribution is -2.18. The van der Waals surface area contributed by atoms with Crippen molar-refractivity contribution < 1.29 is 0 Å². The molecule has 3 aliphatic carbocycles. The molecule has 0 saturated heterocycles. The maximum atomic E-state index is 2.51. The fraction of sp³-hybridized carbons (Fsp3) is 0.137. The second-order valence-corrected chi connectivity index (χ2v) is 16.6. The molecule has 0 bridgehead atoms. The molecule has 0 saturated carbocycles. The summed E-state index contributed by atoms with van der Waals surface area (Å²) in [4.78, 5) is 0. The van der Waals surface area contributed by atoms with Crippen LogP contribution in [0.5, 0.6) is 0 Å². The summed E-state index contributed by atoms with van der Waals surface area (Å²) in [6.07, 6.45) is 14.0. The monoisotopic (exact) mass is 682 g/mol. The van der Waals surface area contributed by atoms with E-state index in [-0.39, 0.29) is 5.41 Å². The summed E-state index contributed by atoms with van der Waals surface area (Å²) in [5.41, 5.74) is 11.5. The SMILES string of the molecule is CC1(C)C2=CC=C(c3c4ccccc4c(C4=CC=CC(c5ccccc5)C4)c4ccccc34)CC2c2ccc3cc4sc5ccccc5c4cc3c21. The summed E-state index contributed by atoms with van der Waals surface area (Å²) < 4.78 is 2.74. The van der Waals surface area contributed by atoms with Gasteiger partial charge in [-0.3, -0.25) is 0 Å². The van der Waals surface area contributed by atoms with Crippen molar-refractivity contribution in [2.75, 3.05) is 0 Å². The molecular weight excluding hydrogens is 645 g/mol. The van der Waals surface area contributed by atoms with Gasteiger partial charge in [0.1, 0.15) is 0 Å². The zero-order chi connectivity index (χ0) is 34.6. The molecule has 7 aromatic carbocycles. The number of hydrogen-bond acceptors (Lipinski definition) is 1. The first-order valence-electron chi connectivity index (χ1n) is 18.7. The van der Waals surface area contributed by atoms with Crippen LogP contribution in [0.15, 0.2) is 163 Å². The third kappa shape index (κ3) is 4.33. The van der Waals surface area contributed by atoms with E-state index in [9.17, 15) is 0 Å². The van der Waals surface area contributed by atoms with E-state index in [1.807, 2.05) is 11.3 Å². The molecule has 0 nitrogen and oxygen atoms in total. The Kier molecular flexibility index (Phi) is 6.52. The minimum atomic E-state index is -0.0503. The first-order chi connectivity index (χ1) is 25.5. The van der Waals surface area contributed by atoms with E-state index in [1.54, 1.807) is 5.57 Å². The Balaban J connectivity index is 1.06. The van der Waals surface area contributed by atoms with Crippen LogP contribution in [0.4, 0.5) is 0 Å². The third-order valence-corrected chi connectivity index (χ3v) is 13.6. The van der Waals surface area contributed by atoms with Crippen LogP contribution < -0.4 is 0 Å². The van der Waals surface area contributed by atoms with E-state index in [4.69, 9.17) is 0 Å². The second-order valence-electron chi connectivity index (χ2n) is 15.5. The fourth-order valence-electron chi connectivity index (χ4n) is 10.1. The van der Waals surface area contributed by atoms with Crippen molar-refractivity contribution in [1.29, 1.82) is 0 Å². The molecule has 0 aliphatic heterocycles. The van der Waals surface area contributed by atoms with Gasteiger partial charge in [-0.05, 0) is 102 Å². The lowest BCUT2D eigenvalue weighted by atomic mass is 9.74. The molecule has 1 aromatic heterocycles. The third-order valence-electron chi connectivity index (χ3n) is 12.4. The van der Waals surface area contributed by atoms with E-state index in [0.717, 1.165) is 12.8 Å². The first kappa shape index (κ1) is 30.2. The van der Waals surface area contributed by atoms with Crippen LogP contribution in [-0.4, -0.2) is 0 Å². The second kappa shape index (κ2) is 11.2. The van der Waals surface area contributed by atoms with Crippen LogP contribution in [0, 0.1) is 0 Å². The zero-order valence-corrected chi connectivity index (χ0v) is 30.3. The predicted octanol–water partition coefficient (Wildman–Crippen LogP) is 14.4. The average molecular weight is 683 g/mol. The van der Waals surface area contributed by atoms with E-state index in [2.05, 4.69) is 172 Å². The number of benzene rings is 7. The fourth-order valence-corrected chi connectivity index (χ4v) is 11.3. The molecule has 3 aliphatic rings. The molecule has 0 radical (unpaired) electrons. The van der Waals surface area contributed by atoms with Crippen molar-refractivity contribution in [3.8, 4) is 0 Å². The van der Waals surface area contributed by atoms with Crippen molar-refractivity contribution in [1.82, 2.24) is 0 Å². The van der Waals surface area contributed by atoms with Crippen LogP contribution in [0.1, 0.15) is 66.3 Å². The molecule has 8 aromatic rings. The number of allylic oxidation sites excluding steroid dienone is 8. The molecule has 2 atom stereocenters. The van der Waals surface area contributed by atoms with Crippen LogP contribution in [-0.2, 0) is 5.41 Å². The van der Waals surface area contributed by atoms with Gasteiger partial charge in [-0.1, -0.05) is 159 Å². The zero-order valence-electron chi connectivity index (χ0n) is 29.5. The highest BCUT2D eigenvalue weighted by Crippen LogP contribution is 2.58. The quantitative estimate of drug-likeness (QED) is 0.163. The largest absolute Gasteiger partial charge is 0.135 e. The Hall–Kier alpha value is -5.50. The molecule has 0 fully saturated rings. The van der Waals surface area contributed by atoms with Gasteiger partial charge in [0.05, 0.1) is 0 Å². The molecular formula is C51H38S. The summed E-state index contributed by atoms with van der Waals surface area (Å²) >= 11 is 1.91. The lowest BCUT2D eigenvalue weighted by Gasteiger charge is -2.29. The van der Waals surface area contributed by atoms with E-state index in [0.29, 0.717) is 11.8 Å². The Morgan fingerprint density at radius 1 is 0.538 bits per heavy atom. The first-order valence-corrected chi connectivity index (χ1v) is 19.5.